The fraction of sp³-hybridized carbons (Fsp3) is 0.684. The molecule has 0 spiro atoms. The number of anilines is 1. The van der Waals surface area contributed by atoms with E-state index < -0.39 is 0 Å². The van der Waals surface area contributed by atoms with Crippen molar-refractivity contribution in [3.05, 3.63) is 29.8 Å². The zero-order chi connectivity index (χ0) is 15.8. The molecule has 1 fully saturated rings. The van der Waals surface area contributed by atoms with Crippen LogP contribution in [0.25, 0.3) is 0 Å². The molecule has 0 amide bonds. The Bertz CT molecular complexity index is 406. The Labute approximate surface area is 135 Å². The van der Waals surface area contributed by atoms with Crippen molar-refractivity contribution in [2.24, 2.45) is 11.8 Å². The summed E-state index contributed by atoms with van der Waals surface area (Å²) in [5.41, 5.74) is 2.68. The number of rotatable bonds is 8. The third kappa shape index (κ3) is 4.99. The smallest absolute Gasteiger partial charge is 0.0460 e. The first-order valence-corrected chi connectivity index (χ1v) is 8.92. The Balaban J connectivity index is 1.78. The predicted molar refractivity (Wildman–Crippen MR) is 94.2 cm³/mol. The molecule has 1 aliphatic heterocycles. The second-order valence-corrected chi connectivity index (χ2v) is 6.59. The lowest BCUT2D eigenvalue weighted by molar-refractivity contribution is 0.203. The first kappa shape index (κ1) is 17.3. The summed E-state index contributed by atoms with van der Waals surface area (Å²) in [6.07, 6.45) is 4.73. The van der Waals surface area contributed by atoms with E-state index in [1.165, 1.54) is 24.1 Å². The van der Waals surface area contributed by atoms with Crippen molar-refractivity contribution in [3.63, 3.8) is 0 Å². The number of piperidine rings is 1. The molecule has 1 aromatic rings. The zero-order valence-corrected chi connectivity index (χ0v) is 14.2. The van der Waals surface area contributed by atoms with Gasteiger partial charge >= 0.3 is 0 Å². The summed E-state index contributed by atoms with van der Waals surface area (Å²) in [6, 6.07) is 8.97. The molecule has 0 aromatic heterocycles. The third-order valence-corrected chi connectivity index (χ3v) is 5.09. The van der Waals surface area contributed by atoms with Crippen molar-refractivity contribution in [1.29, 1.82) is 0 Å². The van der Waals surface area contributed by atoms with Gasteiger partial charge in [0.05, 0.1) is 0 Å². The van der Waals surface area contributed by atoms with Crippen molar-refractivity contribution in [3.8, 4) is 0 Å². The van der Waals surface area contributed by atoms with Gasteiger partial charge in [0.15, 0.2) is 0 Å². The summed E-state index contributed by atoms with van der Waals surface area (Å²) < 4.78 is 0. The highest BCUT2D eigenvalue weighted by atomic mass is 16.3. The van der Waals surface area contributed by atoms with Crippen LogP contribution in [0.1, 0.15) is 45.1 Å². The minimum absolute atomic E-state index is 0.342. The molecule has 1 saturated heterocycles. The summed E-state index contributed by atoms with van der Waals surface area (Å²) in [7, 11) is 0. The summed E-state index contributed by atoms with van der Waals surface area (Å²) in [5.74, 6) is 1.30. The molecule has 2 rings (SSSR count). The number of hydrogen-bond acceptors (Lipinski definition) is 3. The molecular weight excluding hydrogens is 272 g/mol. The molecule has 1 aromatic carbocycles. The van der Waals surface area contributed by atoms with E-state index in [4.69, 9.17) is 0 Å². The maximum absolute atomic E-state index is 9.22. The molecular formula is C19H32N2O. The molecule has 22 heavy (non-hydrogen) atoms. The van der Waals surface area contributed by atoms with Gasteiger partial charge in [0.2, 0.25) is 0 Å². The van der Waals surface area contributed by atoms with Crippen LogP contribution in [0.5, 0.6) is 0 Å². The first-order valence-electron chi connectivity index (χ1n) is 8.92. The standard InChI is InChI=1S/C19H32N2O/c1-3-16(4-2)13-20-14-17-5-7-19(8-6-17)21-11-9-18(15-22)10-12-21/h5-8,16,18,20,22H,3-4,9-15H2,1-2H3. The van der Waals surface area contributed by atoms with Gasteiger partial charge in [-0.25, -0.2) is 0 Å². The van der Waals surface area contributed by atoms with Gasteiger partial charge in [-0.3, -0.25) is 0 Å². The fourth-order valence-electron chi connectivity index (χ4n) is 3.20. The highest BCUT2D eigenvalue weighted by molar-refractivity contribution is 5.47. The molecule has 0 atom stereocenters. The van der Waals surface area contributed by atoms with Crippen molar-refractivity contribution >= 4 is 5.69 Å². The van der Waals surface area contributed by atoms with Crippen LogP contribution in [0, 0.1) is 11.8 Å². The average molecular weight is 304 g/mol. The zero-order valence-electron chi connectivity index (χ0n) is 14.2. The van der Waals surface area contributed by atoms with Crippen LogP contribution in [-0.4, -0.2) is 31.3 Å². The third-order valence-electron chi connectivity index (χ3n) is 5.09. The van der Waals surface area contributed by atoms with Crippen molar-refractivity contribution in [2.75, 3.05) is 31.1 Å². The molecule has 3 nitrogen and oxygen atoms in total. The molecule has 0 radical (unpaired) electrons. The quantitative estimate of drug-likeness (QED) is 0.772. The number of nitrogens with zero attached hydrogens (tertiary/aromatic N) is 1. The maximum atomic E-state index is 9.22. The summed E-state index contributed by atoms with van der Waals surface area (Å²) >= 11 is 0. The Morgan fingerprint density at radius 1 is 1.14 bits per heavy atom. The molecule has 1 aliphatic rings. The second kappa shape index (κ2) is 9.16. The van der Waals surface area contributed by atoms with Crippen molar-refractivity contribution < 1.29 is 5.11 Å². The van der Waals surface area contributed by atoms with E-state index in [2.05, 4.69) is 48.3 Å². The van der Waals surface area contributed by atoms with Crippen LogP contribution >= 0.6 is 0 Å². The van der Waals surface area contributed by atoms with Crippen LogP contribution in [0.4, 0.5) is 5.69 Å². The molecule has 1 heterocycles. The molecule has 0 unspecified atom stereocenters. The maximum Gasteiger partial charge on any atom is 0.0460 e. The van der Waals surface area contributed by atoms with Crippen molar-refractivity contribution in [2.45, 2.75) is 46.1 Å². The van der Waals surface area contributed by atoms with Crippen LogP contribution in [0.15, 0.2) is 24.3 Å². The average Bonchev–Trinajstić information content (AvgIpc) is 2.59. The molecule has 124 valence electrons. The van der Waals surface area contributed by atoms with Gasteiger partial charge in [-0.15, -0.1) is 0 Å². The number of nitrogens with one attached hydrogen (secondary N) is 1. The lowest BCUT2D eigenvalue weighted by atomic mass is 9.97. The Morgan fingerprint density at radius 3 is 2.32 bits per heavy atom. The Kier molecular flexibility index (Phi) is 7.20. The highest BCUT2D eigenvalue weighted by Gasteiger charge is 2.18. The predicted octanol–water partition coefficient (Wildman–Crippen LogP) is 3.42. The van der Waals surface area contributed by atoms with Crippen LogP contribution in [0.2, 0.25) is 0 Å². The van der Waals surface area contributed by atoms with Crippen LogP contribution < -0.4 is 10.2 Å². The Hall–Kier alpha value is -1.06. The second-order valence-electron chi connectivity index (χ2n) is 6.59. The lowest BCUT2D eigenvalue weighted by Crippen LogP contribution is -2.34. The fourth-order valence-corrected chi connectivity index (χ4v) is 3.20. The lowest BCUT2D eigenvalue weighted by Gasteiger charge is -2.33. The summed E-state index contributed by atoms with van der Waals surface area (Å²) in [6.45, 7) is 9.09. The van der Waals surface area contributed by atoms with Gasteiger partial charge in [0.1, 0.15) is 0 Å². The van der Waals surface area contributed by atoms with Gasteiger partial charge in [0.25, 0.3) is 0 Å². The topological polar surface area (TPSA) is 35.5 Å². The van der Waals surface area contributed by atoms with Crippen molar-refractivity contribution in [1.82, 2.24) is 5.32 Å². The van der Waals surface area contributed by atoms with E-state index >= 15 is 0 Å². The normalized spacial score (nSPS) is 16.5. The molecule has 0 bridgehead atoms. The largest absolute Gasteiger partial charge is 0.396 e. The number of benzene rings is 1. The van der Waals surface area contributed by atoms with Crippen LogP contribution in [-0.2, 0) is 6.54 Å². The SMILES string of the molecule is CCC(CC)CNCc1ccc(N2CCC(CO)CC2)cc1. The van der Waals surface area contributed by atoms with E-state index in [0.29, 0.717) is 12.5 Å². The van der Waals surface area contributed by atoms with Gasteiger partial charge in [0, 0.05) is 31.9 Å². The monoisotopic (exact) mass is 304 g/mol. The van der Waals surface area contributed by atoms with Gasteiger partial charge < -0.3 is 15.3 Å². The number of aliphatic hydroxyl groups is 1. The first-order chi connectivity index (χ1) is 10.8. The van der Waals surface area contributed by atoms with E-state index in [0.717, 1.165) is 44.9 Å². The molecule has 3 heteroatoms. The molecule has 0 aliphatic carbocycles. The number of aliphatic hydroxyl groups excluding tert-OH is 1. The summed E-state index contributed by atoms with van der Waals surface area (Å²) in [4.78, 5) is 2.44. The highest BCUT2D eigenvalue weighted by Crippen LogP contribution is 2.23. The Morgan fingerprint density at radius 2 is 1.77 bits per heavy atom. The molecule has 2 N–H and O–H groups in total. The summed E-state index contributed by atoms with van der Waals surface area (Å²) in [5, 5.41) is 12.8. The minimum Gasteiger partial charge on any atom is -0.396 e. The van der Waals surface area contributed by atoms with Gasteiger partial charge in [-0.1, -0.05) is 38.8 Å². The number of hydrogen-bond donors (Lipinski definition) is 2. The van der Waals surface area contributed by atoms with E-state index in [9.17, 15) is 5.11 Å². The minimum atomic E-state index is 0.342. The van der Waals surface area contributed by atoms with Crippen LogP contribution in [0.3, 0.4) is 0 Å². The van der Waals surface area contributed by atoms with E-state index in [1.807, 2.05) is 0 Å². The van der Waals surface area contributed by atoms with Gasteiger partial charge in [-0.05, 0) is 48.9 Å². The molecule has 0 saturated carbocycles. The van der Waals surface area contributed by atoms with E-state index in [1.54, 1.807) is 0 Å². The van der Waals surface area contributed by atoms with Gasteiger partial charge in [-0.2, -0.15) is 0 Å². The van der Waals surface area contributed by atoms with E-state index in [-0.39, 0.29) is 0 Å².